The Kier molecular flexibility index (Phi) is 4.65. The van der Waals surface area contributed by atoms with Gasteiger partial charge >= 0.3 is 0 Å². The lowest BCUT2D eigenvalue weighted by molar-refractivity contribution is 0.973. The van der Waals surface area contributed by atoms with Crippen molar-refractivity contribution in [3.63, 3.8) is 0 Å². The predicted molar refractivity (Wildman–Crippen MR) is 80.2 cm³/mol. The fraction of sp³-hybridized carbons (Fsp3) is 0.231. The highest BCUT2D eigenvalue weighted by Gasteiger charge is 2.06. The second-order valence-electron chi connectivity index (χ2n) is 3.89. The van der Waals surface area contributed by atoms with Crippen LogP contribution in [-0.4, -0.2) is 9.97 Å². The van der Waals surface area contributed by atoms with Crippen LogP contribution < -0.4 is 0 Å². The normalized spacial score (nSPS) is 10.7. The van der Waals surface area contributed by atoms with Crippen LogP contribution in [0.1, 0.15) is 17.1 Å². The zero-order valence-corrected chi connectivity index (χ0v) is 13.2. The minimum absolute atomic E-state index is 0.548. The SMILES string of the molecule is Cc1nc(CSc2cccc(Br)c2)nc(Cl)c1C. The van der Waals surface area contributed by atoms with Crippen molar-refractivity contribution in [2.24, 2.45) is 0 Å². The summed E-state index contributed by atoms with van der Waals surface area (Å²) in [5.74, 6) is 1.49. The maximum Gasteiger partial charge on any atom is 0.140 e. The molecule has 0 saturated carbocycles. The molecule has 18 heavy (non-hydrogen) atoms. The van der Waals surface area contributed by atoms with Gasteiger partial charge in [0.15, 0.2) is 0 Å². The number of hydrogen-bond acceptors (Lipinski definition) is 3. The van der Waals surface area contributed by atoms with Gasteiger partial charge in [0.1, 0.15) is 11.0 Å². The summed E-state index contributed by atoms with van der Waals surface area (Å²) in [6.45, 7) is 3.89. The third-order valence-corrected chi connectivity index (χ3v) is 4.39. The molecular formula is C13H12BrClN2S. The Labute approximate surface area is 124 Å². The molecular weight excluding hydrogens is 332 g/mol. The average Bonchev–Trinajstić information content (AvgIpc) is 2.33. The summed E-state index contributed by atoms with van der Waals surface area (Å²) in [5, 5.41) is 0.548. The van der Waals surface area contributed by atoms with E-state index in [-0.39, 0.29) is 0 Å². The van der Waals surface area contributed by atoms with Crippen LogP contribution in [0.4, 0.5) is 0 Å². The van der Waals surface area contributed by atoms with Crippen molar-refractivity contribution in [1.82, 2.24) is 9.97 Å². The first-order valence-corrected chi connectivity index (χ1v) is 7.60. The molecule has 1 heterocycles. The summed E-state index contributed by atoms with van der Waals surface area (Å²) in [7, 11) is 0. The van der Waals surface area contributed by atoms with Crippen molar-refractivity contribution in [2.45, 2.75) is 24.5 Å². The van der Waals surface area contributed by atoms with Gasteiger partial charge in [-0.05, 0) is 32.0 Å². The smallest absolute Gasteiger partial charge is 0.140 e. The zero-order valence-electron chi connectivity index (χ0n) is 10.1. The summed E-state index contributed by atoms with van der Waals surface area (Å²) in [6, 6.07) is 8.17. The predicted octanol–water partition coefficient (Wildman–Crippen LogP) is 4.80. The Bertz CT molecular complexity index is 552. The third-order valence-electron chi connectivity index (χ3n) is 2.54. The molecule has 0 radical (unpaired) electrons. The average molecular weight is 344 g/mol. The van der Waals surface area contributed by atoms with Crippen molar-refractivity contribution in [3.05, 3.63) is 51.0 Å². The number of hydrogen-bond donors (Lipinski definition) is 0. The van der Waals surface area contributed by atoms with Gasteiger partial charge in [-0.1, -0.05) is 33.6 Å². The number of thioether (sulfide) groups is 1. The number of nitrogens with zero attached hydrogens (tertiary/aromatic N) is 2. The van der Waals surface area contributed by atoms with Gasteiger partial charge in [0.25, 0.3) is 0 Å². The lowest BCUT2D eigenvalue weighted by Crippen LogP contribution is -1.99. The van der Waals surface area contributed by atoms with Crippen LogP contribution in [0.2, 0.25) is 5.15 Å². The van der Waals surface area contributed by atoms with Crippen LogP contribution in [0.5, 0.6) is 0 Å². The molecule has 2 rings (SSSR count). The van der Waals surface area contributed by atoms with E-state index in [1.54, 1.807) is 11.8 Å². The van der Waals surface area contributed by atoms with E-state index in [4.69, 9.17) is 11.6 Å². The molecule has 5 heteroatoms. The number of benzene rings is 1. The van der Waals surface area contributed by atoms with E-state index in [1.807, 2.05) is 26.0 Å². The first-order valence-electron chi connectivity index (χ1n) is 5.44. The summed E-state index contributed by atoms with van der Waals surface area (Å²) < 4.78 is 1.08. The van der Waals surface area contributed by atoms with Crippen LogP contribution in [0, 0.1) is 13.8 Å². The van der Waals surface area contributed by atoms with Gasteiger partial charge in [-0.15, -0.1) is 11.8 Å². The van der Waals surface area contributed by atoms with E-state index in [9.17, 15) is 0 Å². The van der Waals surface area contributed by atoms with Gasteiger partial charge in [0, 0.05) is 20.6 Å². The van der Waals surface area contributed by atoms with Crippen molar-refractivity contribution in [2.75, 3.05) is 0 Å². The minimum atomic E-state index is 0.548. The fourth-order valence-electron chi connectivity index (χ4n) is 1.42. The number of aryl methyl sites for hydroxylation is 1. The van der Waals surface area contributed by atoms with E-state index in [0.717, 1.165) is 27.3 Å². The second kappa shape index (κ2) is 6.04. The van der Waals surface area contributed by atoms with Crippen LogP contribution >= 0.6 is 39.3 Å². The second-order valence-corrected chi connectivity index (χ2v) is 6.21. The molecule has 2 aromatic rings. The molecule has 0 aliphatic heterocycles. The molecule has 0 atom stereocenters. The van der Waals surface area contributed by atoms with E-state index in [1.165, 1.54) is 4.90 Å². The maximum absolute atomic E-state index is 6.06. The molecule has 94 valence electrons. The highest BCUT2D eigenvalue weighted by atomic mass is 79.9. The van der Waals surface area contributed by atoms with E-state index >= 15 is 0 Å². The van der Waals surface area contributed by atoms with Crippen LogP contribution in [-0.2, 0) is 5.75 Å². The molecule has 2 nitrogen and oxygen atoms in total. The third kappa shape index (κ3) is 3.46. The number of aromatic nitrogens is 2. The summed E-state index contributed by atoms with van der Waals surface area (Å²) >= 11 is 11.2. The van der Waals surface area contributed by atoms with Gasteiger partial charge < -0.3 is 0 Å². The molecule has 0 aliphatic rings. The molecule has 0 bridgehead atoms. The van der Waals surface area contributed by atoms with Crippen LogP contribution in [0.15, 0.2) is 33.6 Å². The molecule has 0 aliphatic carbocycles. The molecule has 0 spiro atoms. The highest BCUT2D eigenvalue weighted by Crippen LogP contribution is 2.25. The fourth-order valence-corrected chi connectivity index (χ4v) is 3.01. The molecule has 0 amide bonds. The standard InChI is InChI=1S/C13H12BrClN2S/c1-8-9(2)16-12(17-13(8)15)7-18-11-5-3-4-10(14)6-11/h3-6H,7H2,1-2H3. The first kappa shape index (κ1) is 13.8. The van der Waals surface area contributed by atoms with Crippen molar-refractivity contribution in [3.8, 4) is 0 Å². The number of halogens is 2. The molecule has 0 saturated heterocycles. The van der Waals surface area contributed by atoms with Crippen molar-refractivity contribution in [1.29, 1.82) is 0 Å². The first-order chi connectivity index (χ1) is 8.56. The monoisotopic (exact) mass is 342 g/mol. The molecule has 1 aromatic heterocycles. The minimum Gasteiger partial charge on any atom is -0.237 e. The van der Waals surface area contributed by atoms with Gasteiger partial charge in [0.05, 0.1) is 5.75 Å². The summed E-state index contributed by atoms with van der Waals surface area (Å²) in [6.07, 6.45) is 0. The largest absolute Gasteiger partial charge is 0.237 e. The topological polar surface area (TPSA) is 25.8 Å². The Morgan fingerprint density at radius 3 is 2.72 bits per heavy atom. The van der Waals surface area contributed by atoms with E-state index < -0.39 is 0 Å². The van der Waals surface area contributed by atoms with Crippen molar-refractivity contribution < 1.29 is 0 Å². The number of rotatable bonds is 3. The Morgan fingerprint density at radius 1 is 1.28 bits per heavy atom. The molecule has 0 N–H and O–H groups in total. The van der Waals surface area contributed by atoms with Gasteiger partial charge in [-0.3, -0.25) is 0 Å². The Hall–Kier alpha value is -0.580. The molecule has 0 unspecified atom stereocenters. The quantitative estimate of drug-likeness (QED) is 0.591. The van der Waals surface area contributed by atoms with Crippen LogP contribution in [0.25, 0.3) is 0 Å². The van der Waals surface area contributed by atoms with E-state index in [0.29, 0.717) is 5.15 Å². The zero-order chi connectivity index (χ0) is 13.1. The van der Waals surface area contributed by atoms with Gasteiger partial charge in [-0.25, -0.2) is 9.97 Å². The lowest BCUT2D eigenvalue weighted by Gasteiger charge is -2.06. The maximum atomic E-state index is 6.06. The summed E-state index contributed by atoms with van der Waals surface area (Å²) in [4.78, 5) is 9.92. The Morgan fingerprint density at radius 2 is 2.06 bits per heavy atom. The lowest BCUT2D eigenvalue weighted by atomic mass is 10.3. The summed E-state index contributed by atoms with van der Waals surface area (Å²) in [5.41, 5.74) is 1.90. The van der Waals surface area contributed by atoms with E-state index in [2.05, 4.69) is 38.0 Å². The molecule has 0 fully saturated rings. The van der Waals surface area contributed by atoms with Gasteiger partial charge in [-0.2, -0.15) is 0 Å². The molecule has 1 aromatic carbocycles. The highest BCUT2D eigenvalue weighted by molar-refractivity contribution is 9.10. The van der Waals surface area contributed by atoms with Gasteiger partial charge in [0.2, 0.25) is 0 Å². The van der Waals surface area contributed by atoms with Crippen LogP contribution in [0.3, 0.4) is 0 Å². The Balaban J connectivity index is 2.11. The van der Waals surface area contributed by atoms with Crippen molar-refractivity contribution >= 4 is 39.3 Å².